The molecule has 0 radical (unpaired) electrons. The highest BCUT2D eigenvalue weighted by molar-refractivity contribution is 5.33. The molecule has 0 saturated carbocycles. The highest BCUT2D eigenvalue weighted by atomic mass is 16.5. The van der Waals surface area contributed by atoms with Gasteiger partial charge in [0.05, 0.1) is 7.11 Å². The van der Waals surface area contributed by atoms with Crippen LogP contribution < -0.4 is 14.8 Å². The van der Waals surface area contributed by atoms with Crippen LogP contribution in [0.25, 0.3) is 0 Å². The van der Waals surface area contributed by atoms with Gasteiger partial charge >= 0.3 is 0 Å². The number of nitrogens with one attached hydrogen (secondary N) is 1. The first-order valence-corrected chi connectivity index (χ1v) is 6.75. The summed E-state index contributed by atoms with van der Waals surface area (Å²) in [5.41, 5.74) is 2.19. The zero-order valence-corrected chi connectivity index (χ0v) is 12.0. The maximum absolute atomic E-state index is 8.59. The van der Waals surface area contributed by atoms with Crippen LogP contribution >= 0.6 is 0 Å². The molecule has 0 spiro atoms. The van der Waals surface area contributed by atoms with Gasteiger partial charge in [-0.25, -0.2) is 0 Å². The van der Waals surface area contributed by atoms with Gasteiger partial charge in [0.1, 0.15) is 17.6 Å². The summed E-state index contributed by atoms with van der Waals surface area (Å²) in [4.78, 5) is 0. The Morgan fingerprint density at radius 3 is 2.76 bits per heavy atom. The van der Waals surface area contributed by atoms with Gasteiger partial charge in [-0.2, -0.15) is 5.26 Å². The Morgan fingerprint density at radius 1 is 1.10 bits per heavy atom. The maximum Gasteiger partial charge on any atom is 0.174 e. The van der Waals surface area contributed by atoms with E-state index in [9.17, 15) is 0 Å². The zero-order valence-electron chi connectivity index (χ0n) is 12.0. The fraction of sp³-hybridized carbons (Fsp3) is 0.235. The Kier molecular flexibility index (Phi) is 5.62. The summed E-state index contributed by atoms with van der Waals surface area (Å²) in [5, 5.41) is 12.0. The van der Waals surface area contributed by atoms with Gasteiger partial charge in [-0.05, 0) is 23.8 Å². The second-order valence-electron chi connectivity index (χ2n) is 4.51. The van der Waals surface area contributed by atoms with E-state index in [1.54, 1.807) is 7.11 Å². The molecule has 2 rings (SSSR count). The molecule has 0 amide bonds. The van der Waals surface area contributed by atoms with Crippen molar-refractivity contribution in [1.29, 1.82) is 5.26 Å². The van der Waals surface area contributed by atoms with Crippen LogP contribution in [0.2, 0.25) is 0 Å². The van der Waals surface area contributed by atoms with Gasteiger partial charge in [-0.3, -0.25) is 0 Å². The van der Waals surface area contributed by atoms with Crippen LogP contribution in [-0.2, 0) is 13.1 Å². The van der Waals surface area contributed by atoms with E-state index in [2.05, 4.69) is 5.32 Å². The lowest BCUT2D eigenvalue weighted by Gasteiger charge is -2.10. The number of benzene rings is 2. The van der Waals surface area contributed by atoms with Gasteiger partial charge in [0.15, 0.2) is 6.61 Å². The van der Waals surface area contributed by atoms with Gasteiger partial charge < -0.3 is 14.8 Å². The minimum Gasteiger partial charge on any atom is -0.497 e. The standard InChI is InChI=1S/C17H18N2O2/c1-20-16-7-4-5-14(11-16)12-19-13-15-6-2-3-8-17(15)21-10-9-18/h2-8,11,19H,10,12-13H2,1H3. The van der Waals surface area contributed by atoms with E-state index in [1.807, 2.05) is 54.6 Å². The number of hydrogen-bond acceptors (Lipinski definition) is 4. The molecule has 4 nitrogen and oxygen atoms in total. The largest absolute Gasteiger partial charge is 0.497 e. The highest BCUT2D eigenvalue weighted by Crippen LogP contribution is 2.18. The summed E-state index contributed by atoms with van der Waals surface area (Å²) in [6, 6.07) is 17.7. The van der Waals surface area contributed by atoms with Crippen molar-refractivity contribution in [3.05, 3.63) is 59.7 Å². The summed E-state index contributed by atoms with van der Waals surface area (Å²) in [6.07, 6.45) is 0. The predicted molar refractivity (Wildman–Crippen MR) is 81.1 cm³/mol. The van der Waals surface area contributed by atoms with Crippen molar-refractivity contribution < 1.29 is 9.47 Å². The first-order valence-electron chi connectivity index (χ1n) is 6.75. The Morgan fingerprint density at radius 2 is 1.95 bits per heavy atom. The number of para-hydroxylation sites is 1. The fourth-order valence-corrected chi connectivity index (χ4v) is 2.02. The average molecular weight is 282 g/mol. The molecule has 21 heavy (non-hydrogen) atoms. The van der Waals surface area contributed by atoms with Gasteiger partial charge in [-0.15, -0.1) is 0 Å². The van der Waals surface area contributed by atoms with Crippen molar-refractivity contribution in [2.24, 2.45) is 0 Å². The first-order chi connectivity index (χ1) is 10.3. The van der Waals surface area contributed by atoms with Gasteiger partial charge in [0, 0.05) is 18.7 Å². The Labute approximate surface area is 124 Å². The minimum atomic E-state index is 0.0624. The summed E-state index contributed by atoms with van der Waals surface area (Å²) in [7, 11) is 1.66. The van der Waals surface area contributed by atoms with Crippen LogP contribution in [0.4, 0.5) is 0 Å². The van der Waals surface area contributed by atoms with Crippen LogP contribution in [0.1, 0.15) is 11.1 Å². The highest BCUT2D eigenvalue weighted by Gasteiger charge is 2.03. The zero-order chi connectivity index (χ0) is 14.9. The van der Waals surface area contributed by atoms with Crippen LogP contribution in [0.5, 0.6) is 11.5 Å². The van der Waals surface area contributed by atoms with Crippen LogP contribution in [0, 0.1) is 11.3 Å². The van der Waals surface area contributed by atoms with E-state index in [1.165, 1.54) is 0 Å². The lowest BCUT2D eigenvalue weighted by molar-refractivity contribution is 0.362. The summed E-state index contributed by atoms with van der Waals surface area (Å²) >= 11 is 0. The third-order valence-corrected chi connectivity index (χ3v) is 3.04. The Hall–Kier alpha value is -2.51. The summed E-state index contributed by atoms with van der Waals surface area (Å²) in [6.45, 7) is 1.48. The molecule has 108 valence electrons. The lowest BCUT2D eigenvalue weighted by Crippen LogP contribution is -2.13. The van der Waals surface area contributed by atoms with E-state index in [0.29, 0.717) is 6.54 Å². The van der Waals surface area contributed by atoms with E-state index in [0.717, 1.165) is 29.2 Å². The molecule has 0 unspecified atom stereocenters. The Bertz CT molecular complexity index is 620. The quantitative estimate of drug-likeness (QED) is 0.848. The molecule has 0 aliphatic heterocycles. The topological polar surface area (TPSA) is 54.3 Å². The molecule has 2 aromatic rings. The molecular formula is C17H18N2O2. The van der Waals surface area contributed by atoms with Crippen molar-refractivity contribution in [2.75, 3.05) is 13.7 Å². The van der Waals surface area contributed by atoms with Gasteiger partial charge in [-0.1, -0.05) is 30.3 Å². The molecule has 0 heterocycles. The second kappa shape index (κ2) is 7.93. The molecule has 0 bridgehead atoms. The van der Waals surface area contributed by atoms with Crippen molar-refractivity contribution in [2.45, 2.75) is 13.1 Å². The van der Waals surface area contributed by atoms with Crippen molar-refractivity contribution in [1.82, 2.24) is 5.32 Å². The van der Waals surface area contributed by atoms with Gasteiger partial charge in [0.25, 0.3) is 0 Å². The summed E-state index contributed by atoms with van der Waals surface area (Å²) < 4.78 is 10.6. The van der Waals surface area contributed by atoms with Crippen molar-refractivity contribution in [3.8, 4) is 17.6 Å². The third kappa shape index (κ3) is 4.51. The third-order valence-electron chi connectivity index (χ3n) is 3.04. The number of methoxy groups -OCH3 is 1. The SMILES string of the molecule is COc1cccc(CNCc2ccccc2OCC#N)c1. The number of ether oxygens (including phenoxy) is 2. The van der Waals surface area contributed by atoms with E-state index >= 15 is 0 Å². The monoisotopic (exact) mass is 282 g/mol. The van der Waals surface area contributed by atoms with Crippen molar-refractivity contribution in [3.63, 3.8) is 0 Å². The number of rotatable bonds is 7. The molecule has 0 saturated heterocycles. The smallest absolute Gasteiger partial charge is 0.174 e. The molecule has 0 atom stereocenters. The van der Waals surface area contributed by atoms with Crippen LogP contribution in [0.3, 0.4) is 0 Å². The molecule has 2 aromatic carbocycles. The predicted octanol–water partition coefficient (Wildman–Crippen LogP) is 2.89. The maximum atomic E-state index is 8.59. The van der Waals surface area contributed by atoms with Gasteiger partial charge in [0.2, 0.25) is 0 Å². The molecule has 0 aromatic heterocycles. The Balaban J connectivity index is 1.92. The molecule has 4 heteroatoms. The molecule has 1 N–H and O–H groups in total. The molecule has 0 fully saturated rings. The molecule has 0 aliphatic carbocycles. The minimum absolute atomic E-state index is 0.0624. The fourth-order valence-electron chi connectivity index (χ4n) is 2.02. The van der Waals surface area contributed by atoms with E-state index < -0.39 is 0 Å². The summed E-state index contributed by atoms with van der Waals surface area (Å²) in [5.74, 6) is 1.60. The molecular weight excluding hydrogens is 264 g/mol. The van der Waals surface area contributed by atoms with Crippen LogP contribution in [0.15, 0.2) is 48.5 Å². The molecule has 0 aliphatic rings. The number of hydrogen-bond donors (Lipinski definition) is 1. The van der Waals surface area contributed by atoms with Crippen LogP contribution in [-0.4, -0.2) is 13.7 Å². The van der Waals surface area contributed by atoms with E-state index in [-0.39, 0.29) is 6.61 Å². The van der Waals surface area contributed by atoms with Crippen molar-refractivity contribution >= 4 is 0 Å². The first kappa shape index (κ1) is 14.9. The normalized spacial score (nSPS) is 9.90. The second-order valence-corrected chi connectivity index (χ2v) is 4.51. The van der Waals surface area contributed by atoms with E-state index in [4.69, 9.17) is 14.7 Å². The number of nitriles is 1. The lowest BCUT2D eigenvalue weighted by atomic mass is 10.2. The average Bonchev–Trinajstić information content (AvgIpc) is 2.54. The number of nitrogens with zero attached hydrogens (tertiary/aromatic N) is 1.